The Hall–Kier alpha value is -1.59. The molecule has 1 aliphatic heterocycles. The SMILES string of the molecule is CCOC(=O)C1CCN(CC(=O)N[C@@H](C)c2ccccc2Cl)CC1. The van der Waals surface area contributed by atoms with Crippen molar-refractivity contribution in [1.82, 2.24) is 10.2 Å². The molecule has 0 unspecified atom stereocenters. The minimum absolute atomic E-state index is 0.0306. The molecule has 1 atom stereocenters. The Bertz CT molecular complexity index is 571. The molecule has 1 aliphatic rings. The van der Waals surface area contributed by atoms with Gasteiger partial charge in [0.15, 0.2) is 0 Å². The number of nitrogens with zero attached hydrogens (tertiary/aromatic N) is 1. The lowest BCUT2D eigenvalue weighted by molar-refractivity contribution is -0.149. The van der Waals surface area contributed by atoms with Crippen molar-refractivity contribution in [3.63, 3.8) is 0 Å². The van der Waals surface area contributed by atoms with Crippen molar-refractivity contribution in [3.8, 4) is 0 Å². The van der Waals surface area contributed by atoms with Crippen LogP contribution in [-0.4, -0.2) is 43.0 Å². The molecule has 132 valence electrons. The van der Waals surface area contributed by atoms with Gasteiger partial charge in [0.1, 0.15) is 0 Å². The summed E-state index contributed by atoms with van der Waals surface area (Å²) in [6.45, 7) is 5.96. The van der Waals surface area contributed by atoms with Gasteiger partial charge in [-0.2, -0.15) is 0 Å². The second-order valence-electron chi connectivity index (χ2n) is 6.11. The first kappa shape index (κ1) is 18.7. The third-order valence-corrected chi connectivity index (χ3v) is 4.67. The van der Waals surface area contributed by atoms with Crippen molar-refractivity contribution in [3.05, 3.63) is 34.9 Å². The molecule has 1 amide bonds. The van der Waals surface area contributed by atoms with Crippen molar-refractivity contribution < 1.29 is 14.3 Å². The number of ether oxygens (including phenoxy) is 1. The Morgan fingerprint density at radius 1 is 1.33 bits per heavy atom. The zero-order valence-electron chi connectivity index (χ0n) is 14.3. The largest absolute Gasteiger partial charge is 0.466 e. The highest BCUT2D eigenvalue weighted by Gasteiger charge is 2.27. The molecule has 0 aromatic heterocycles. The average molecular weight is 353 g/mol. The van der Waals surface area contributed by atoms with Gasteiger partial charge in [-0.15, -0.1) is 0 Å². The summed E-state index contributed by atoms with van der Waals surface area (Å²) in [5.41, 5.74) is 0.911. The van der Waals surface area contributed by atoms with E-state index in [2.05, 4.69) is 10.2 Å². The second kappa shape index (κ2) is 9.04. The molecule has 1 fully saturated rings. The molecule has 1 aromatic carbocycles. The Morgan fingerprint density at radius 2 is 2.00 bits per heavy atom. The summed E-state index contributed by atoms with van der Waals surface area (Å²) in [5, 5.41) is 3.64. The maximum Gasteiger partial charge on any atom is 0.309 e. The van der Waals surface area contributed by atoms with Crippen LogP contribution >= 0.6 is 11.6 Å². The fourth-order valence-corrected chi connectivity index (χ4v) is 3.28. The zero-order valence-corrected chi connectivity index (χ0v) is 15.0. The van der Waals surface area contributed by atoms with Gasteiger partial charge in [0.2, 0.25) is 5.91 Å². The van der Waals surface area contributed by atoms with E-state index < -0.39 is 0 Å². The van der Waals surface area contributed by atoms with E-state index in [9.17, 15) is 9.59 Å². The summed E-state index contributed by atoms with van der Waals surface area (Å²) in [4.78, 5) is 26.0. The molecular weight excluding hydrogens is 328 g/mol. The van der Waals surface area contributed by atoms with Gasteiger partial charge in [-0.05, 0) is 51.4 Å². The number of likely N-dealkylation sites (tertiary alicyclic amines) is 1. The van der Waals surface area contributed by atoms with Gasteiger partial charge in [-0.3, -0.25) is 14.5 Å². The van der Waals surface area contributed by atoms with Crippen LogP contribution in [0.1, 0.15) is 38.3 Å². The number of rotatable bonds is 6. The van der Waals surface area contributed by atoms with Crippen LogP contribution in [0.5, 0.6) is 0 Å². The average Bonchev–Trinajstić information content (AvgIpc) is 2.56. The predicted octanol–water partition coefficient (Wildman–Crippen LogP) is 2.79. The quantitative estimate of drug-likeness (QED) is 0.800. The highest BCUT2D eigenvalue weighted by Crippen LogP contribution is 2.22. The zero-order chi connectivity index (χ0) is 17.5. The summed E-state index contributed by atoms with van der Waals surface area (Å²) in [7, 11) is 0. The smallest absolute Gasteiger partial charge is 0.309 e. The van der Waals surface area contributed by atoms with Gasteiger partial charge in [0.25, 0.3) is 0 Å². The third kappa shape index (κ3) is 5.21. The van der Waals surface area contributed by atoms with E-state index in [0.29, 0.717) is 18.2 Å². The summed E-state index contributed by atoms with van der Waals surface area (Å²) in [6.07, 6.45) is 1.48. The van der Waals surface area contributed by atoms with E-state index >= 15 is 0 Å². The molecule has 0 saturated carbocycles. The van der Waals surface area contributed by atoms with Crippen molar-refractivity contribution in [1.29, 1.82) is 0 Å². The number of amides is 1. The maximum atomic E-state index is 12.2. The molecule has 24 heavy (non-hydrogen) atoms. The number of hydrogen-bond acceptors (Lipinski definition) is 4. The lowest BCUT2D eigenvalue weighted by Gasteiger charge is -2.30. The van der Waals surface area contributed by atoms with Crippen molar-refractivity contribution in [2.24, 2.45) is 5.92 Å². The van der Waals surface area contributed by atoms with Crippen molar-refractivity contribution in [2.45, 2.75) is 32.7 Å². The van der Waals surface area contributed by atoms with E-state index in [1.165, 1.54) is 0 Å². The van der Waals surface area contributed by atoms with Crippen LogP contribution in [0, 0.1) is 5.92 Å². The minimum atomic E-state index is -0.136. The standard InChI is InChI=1S/C18H25ClN2O3/c1-3-24-18(23)14-8-10-21(11-9-14)12-17(22)20-13(2)15-6-4-5-7-16(15)19/h4-7,13-14H,3,8-12H2,1-2H3,(H,20,22)/t13-/m0/s1. The Balaban J connectivity index is 1.77. The Kier molecular flexibility index (Phi) is 7.06. The van der Waals surface area contributed by atoms with Gasteiger partial charge in [0, 0.05) is 5.02 Å². The van der Waals surface area contributed by atoms with E-state index in [1.807, 2.05) is 38.1 Å². The maximum absolute atomic E-state index is 12.2. The molecule has 1 saturated heterocycles. The van der Waals surface area contributed by atoms with E-state index in [-0.39, 0.29) is 23.8 Å². The lowest BCUT2D eigenvalue weighted by atomic mass is 9.97. The summed E-state index contributed by atoms with van der Waals surface area (Å²) < 4.78 is 5.06. The number of piperidine rings is 1. The predicted molar refractivity (Wildman–Crippen MR) is 93.8 cm³/mol. The molecule has 1 N–H and O–H groups in total. The van der Waals surface area contributed by atoms with Crippen LogP contribution in [0.3, 0.4) is 0 Å². The van der Waals surface area contributed by atoms with Gasteiger partial charge < -0.3 is 10.1 Å². The number of hydrogen-bond donors (Lipinski definition) is 1. The van der Waals surface area contributed by atoms with Crippen LogP contribution in [0.4, 0.5) is 0 Å². The molecule has 0 radical (unpaired) electrons. The summed E-state index contributed by atoms with van der Waals surface area (Å²) in [6, 6.07) is 7.37. The fraction of sp³-hybridized carbons (Fsp3) is 0.556. The number of halogens is 1. The lowest BCUT2D eigenvalue weighted by Crippen LogP contribution is -2.43. The first-order valence-corrected chi connectivity index (χ1v) is 8.81. The summed E-state index contributed by atoms with van der Waals surface area (Å²) in [5.74, 6) is -0.183. The topological polar surface area (TPSA) is 58.6 Å². The van der Waals surface area contributed by atoms with Gasteiger partial charge in [-0.25, -0.2) is 0 Å². The third-order valence-electron chi connectivity index (χ3n) is 4.32. The van der Waals surface area contributed by atoms with E-state index in [0.717, 1.165) is 31.5 Å². The Morgan fingerprint density at radius 3 is 2.62 bits per heavy atom. The van der Waals surface area contributed by atoms with Gasteiger partial charge in [-0.1, -0.05) is 29.8 Å². The molecule has 6 heteroatoms. The number of carbonyl (C=O) groups excluding carboxylic acids is 2. The van der Waals surface area contributed by atoms with Gasteiger partial charge >= 0.3 is 5.97 Å². The number of benzene rings is 1. The van der Waals surface area contributed by atoms with Crippen LogP contribution in [0.25, 0.3) is 0 Å². The molecule has 2 rings (SSSR count). The van der Waals surface area contributed by atoms with E-state index in [4.69, 9.17) is 16.3 Å². The van der Waals surface area contributed by atoms with Crippen LogP contribution in [0.2, 0.25) is 5.02 Å². The van der Waals surface area contributed by atoms with Gasteiger partial charge in [0.05, 0.1) is 25.1 Å². The molecule has 0 aliphatic carbocycles. The van der Waals surface area contributed by atoms with Crippen LogP contribution in [0.15, 0.2) is 24.3 Å². The molecular formula is C18H25ClN2O3. The molecule has 1 aromatic rings. The molecule has 1 heterocycles. The first-order chi connectivity index (χ1) is 11.5. The normalized spacial score (nSPS) is 17.3. The molecule has 0 spiro atoms. The number of carbonyl (C=O) groups is 2. The number of nitrogens with one attached hydrogen (secondary N) is 1. The van der Waals surface area contributed by atoms with Crippen LogP contribution in [-0.2, 0) is 14.3 Å². The molecule has 5 nitrogen and oxygen atoms in total. The second-order valence-corrected chi connectivity index (χ2v) is 6.52. The first-order valence-electron chi connectivity index (χ1n) is 8.44. The minimum Gasteiger partial charge on any atom is -0.466 e. The van der Waals surface area contributed by atoms with E-state index in [1.54, 1.807) is 0 Å². The highest BCUT2D eigenvalue weighted by molar-refractivity contribution is 6.31. The van der Waals surface area contributed by atoms with Crippen molar-refractivity contribution in [2.75, 3.05) is 26.2 Å². The van der Waals surface area contributed by atoms with Crippen LogP contribution < -0.4 is 5.32 Å². The van der Waals surface area contributed by atoms with Crippen molar-refractivity contribution >= 4 is 23.5 Å². The Labute approximate surface area is 148 Å². The molecule has 0 bridgehead atoms. The number of esters is 1. The monoisotopic (exact) mass is 352 g/mol. The highest BCUT2D eigenvalue weighted by atomic mass is 35.5. The fourth-order valence-electron chi connectivity index (χ4n) is 2.98. The summed E-state index contributed by atoms with van der Waals surface area (Å²) >= 11 is 6.16.